The molecule has 0 atom stereocenters. The van der Waals surface area contributed by atoms with Gasteiger partial charge in [0.15, 0.2) is 0 Å². The Hall–Kier alpha value is -0.620. The Balaban J connectivity index is 3.85. The van der Waals surface area contributed by atoms with E-state index in [4.69, 9.17) is 0 Å². The zero-order valence-corrected chi connectivity index (χ0v) is 4.66. The molecule has 0 aromatic heterocycles. The van der Waals surface area contributed by atoms with E-state index >= 15 is 0 Å². The largest absolute Gasteiger partial charge is 0.422 e. The summed E-state index contributed by atoms with van der Waals surface area (Å²) in [6.45, 7) is 1.33. The van der Waals surface area contributed by atoms with E-state index in [0.717, 1.165) is 7.11 Å². The molecule has 0 radical (unpaired) electrons. The highest BCUT2D eigenvalue weighted by atomic mass is 19.3. The highest BCUT2D eigenvalue weighted by molar-refractivity contribution is 5.02. The molecule has 0 bridgehead atoms. The molecule has 0 aliphatic carbocycles. The van der Waals surface area contributed by atoms with Crippen molar-refractivity contribution in [3.8, 4) is 11.8 Å². The van der Waals surface area contributed by atoms with E-state index in [1.54, 1.807) is 5.92 Å². The second-order valence-corrected chi connectivity index (χ2v) is 1.10. The topological polar surface area (TPSA) is 9.23 Å². The third-order valence-corrected chi connectivity index (χ3v) is 0.527. The summed E-state index contributed by atoms with van der Waals surface area (Å²) in [5.74, 6) is 3.60. The molecule has 0 aromatic rings. The predicted molar refractivity (Wildman–Crippen MR) is 25.4 cm³/mol. The molecule has 0 fully saturated rings. The normalized spacial score (nSPS) is 10.0. The standard InChI is InChI=1S/C5H6F2O/c1-3-4-5(6,7)8-2/h1-2H3. The van der Waals surface area contributed by atoms with Gasteiger partial charge in [-0.1, -0.05) is 5.92 Å². The van der Waals surface area contributed by atoms with Crippen LogP contribution < -0.4 is 0 Å². The molecular formula is C5H6F2O. The fourth-order valence-corrected chi connectivity index (χ4v) is 0.197. The van der Waals surface area contributed by atoms with Crippen molar-refractivity contribution in [1.82, 2.24) is 0 Å². The van der Waals surface area contributed by atoms with Crippen molar-refractivity contribution in [2.75, 3.05) is 7.11 Å². The summed E-state index contributed by atoms with van der Waals surface area (Å²) in [6.07, 6.45) is -3.27. The van der Waals surface area contributed by atoms with E-state index in [-0.39, 0.29) is 0 Å². The molecule has 0 aromatic carbocycles. The van der Waals surface area contributed by atoms with Crippen molar-refractivity contribution in [1.29, 1.82) is 0 Å². The Kier molecular flexibility index (Phi) is 2.43. The maximum atomic E-state index is 11.8. The lowest BCUT2D eigenvalue weighted by molar-refractivity contribution is -0.172. The summed E-state index contributed by atoms with van der Waals surface area (Å²) in [6, 6.07) is 0. The van der Waals surface area contributed by atoms with Crippen LogP contribution in [0.1, 0.15) is 6.92 Å². The van der Waals surface area contributed by atoms with Crippen LogP contribution in [0.5, 0.6) is 0 Å². The van der Waals surface area contributed by atoms with Crippen molar-refractivity contribution in [3.63, 3.8) is 0 Å². The summed E-state index contributed by atoms with van der Waals surface area (Å²) >= 11 is 0. The highest BCUT2D eigenvalue weighted by Gasteiger charge is 2.23. The van der Waals surface area contributed by atoms with E-state index < -0.39 is 6.11 Å². The molecule has 8 heavy (non-hydrogen) atoms. The van der Waals surface area contributed by atoms with Gasteiger partial charge in [-0.05, 0) is 6.92 Å². The first kappa shape index (κ1) is 7.38. The van der Waals surface area contributed by atoms with Gasteiger partial charge >= 0.3 is 6.11 Å². The third-order valence-electron chi connectivity index (χ3n) is 0.527. The summed E-state index contributed by atoms with van der Waals surface area (Å²) < 4.78 is 27.2. The van der Waals surface area contributed by atoms with Gasteiger partial charge in [-0.3, -0.25) is 0 Å². The van der Waals surface area contributed by atoms with Gasteiger partial charge in [0, 0.05) is 13.0 Å². The fraction of sp³-hybridized carbons (Fsp3) is 0.600. The molecule has 3 heteroatoms. The number of methoxy groups -OCH3 is 1. The minimum atomic E-state index is -3.27. The van der Waals surface area contributed by atoms with Gasteiger partial charge in [-0.25, -0.2) is 0 Å². The molecule has 46 valence electrons. The van der Waals surface area contributed by atoms with Crippen LogP contribution in [-0.2, 0) is 4.74 Å². The number of hydrogen-bond acceptors (Lipinski definition) is 1. The summed E-state index contributed by atoms with van der Waals surface area (Å²) in [5.41, 5.74) is 0. The average Bonchev–Trinajstić information content (AvgIpc) is 1.67. The predicted octanol–water partition coefficient (Wildman–Crippen LogP) is 1.25. The Morgan fingerprint density at radius 3 is 2.12 bits per heavy atom. The van der Waals surface area contributed by atoms with Crippen LogP contribution in [-0.4, -0.2) is 13.2 Å². The van der Waals surface area contributed by atoms with Crippen molar-refractivity contribution in [3.05, 3.63) is 0 Å². The van der Waals surface area contributed by atoms with E-state index in [2.05, 4.69) is 4.74 Å². The SMILES string of the molecule is CC#CC(F)(F)OC. The maximum Gasteiger partial charge on any atom is 0.422 e. The molecule has 0 spiro atoms. The number of ether oxygens (including phenoxy) is 1. The van der Waals surface area contributed by atoms with Crippen LogP contribution in [0.15, 0.2) is 0 Å². The molecule has 0 aliphatic heterocycles. The number of rotatable bonds is 1. The summed E-state index contributed by atoms with van der Waals surface area (Å²) in [4.78, 5) is 0. The molecular weight excluding hydrogens is 114 g/mol. The number of hydrogen-bond donors (Lipinski definition) is 0. The Morgan fingerprint density at radius 2 is 2.00 bits per heavy atom. The van der Waals surface area contributed by atoms with Crippen molar-refractivity contribution >= 4 is 0 Å². The first-order valence-corrected chi connectivity index (χ1v) is 1.99. The van der Waals surface area contributed by atoms with Gasteiger partial charge in [0.2, 0.25) is 0 Å². The van der Waals surface area contributed by atoms with Gasteiger partial charge in [-0.2, -0.15) is 8.78 Å². The lowest BCUT2D eigenvalue weighted by atomic mass is 10.6. The summed E-state index contributed by atoms with van der Waals surface area (Å²) in [7, 11) is 0.907. The first-order valence-electron chi connectivity index (χ1n) is 1.99. The monoisotopic (exact) mass is 120 g/mol. The quantitative estimate of drug-likeness (QED) is 0.473. The number of alkyl halides is 2. The Morgan fingerprint density at radius 1 is 1.50 bits per heavy atom. The average molecular weight is 120 g/mol. The smallest absolute Gasteiger partial charge is 0.313 e. The highest BCUT2D eigenvalue weighted by Crippen LogP contribution is 2.10. The van der Waals surface area contributed by atoms with Gasteiger partial charge in [0.1, 0.15) is 0 Å². The maximum absolute atomic E-state index is 11.8. The Labute approximate surface area is 46.6 Å². The van der Waals surface area contributed by atoms with Crippen LogP contribution in [0.3, 0.4) is 0 Å². The molecule has 0 rings (SSSR count). The van der Waals surface area contributed by atoms with Crippen LogP contribution >= 0.6 is 0 Å². The molecule has 0 aliphatic rings. The Bertz CT molecular complexity index is 120. The molecule has 1 nitrogen and oxygen atoms in total. The van der Waals surface area contributed by atoms with E-state index in [0.29, 0.717) is 0 Å². The lowest BCUT2D eigenvalue weighted by Gasteiger charge is -2.02. The minimum absolute atomic E-state index is 0.907. The molecule has 0 saturated carbocycles. The van der Waals surface area contributed by atoms with E-state index in [1.165, 1.54) is 6.92 Å². The zero-order chi connectivity index (χ0) is 6.62. The molecule has 0 unspecified atom stereocenters. The lowest BCUT2D eigenvalue weighted by Crippen LogP contribution is -2.14. The van der Waals surface area contributed by atoms with Gasteiger partial charge in [0.05, 0.1) is 0 Å². The molecule has 0 saturated heterocycles. The minimum Gasteiger partial charge on any atom is -0.313 e. The molecule has 0 N–H and O–H groups in total. The van der Waals surface area contributed by atoms with Crippen LogP contribution in [0.2, 0.25) is 0 Å². The summed E-state index contributed by atoms with van der Waals surface area (Å²) in [5, 5.41) is 0. The van der Waals surface area contributed by atoms with Gasteiger partial charge in [-0.15, -0.1) is 0 Å². The fourth-order valence-electron chi connectivity index (χ4n) is 0.197. The second kappa shape index (κ2) is 2.63. The van der Waals surface area contributed by atoms with Crippen molar-refractivity contribution in [2.45, 2.75) is 13.0 Å². The van der Waals surface area contributed by atoms with Crippen LogP contribution in [0.4, 0.5) is 8.78 Å². The van der Waals surface area contributed by atoms with Gasteiger partial charge in [0.25, 0.3) is 0 Å². The van der Waals surface area contributed by atoms with E-state index in [9.17, 15) is 8.78 Å². The second-order valence-electron chi connectivity index (χ2n) is 1.10. The zero-order valence-electron chi connectivity index (χ0n) is 4.66. The van der Waals surface area contributed by atoms with E-state index in [1.807, 2.05) is 5.92 Å². The van der Waals surface area contributed by atoms with Crippen LogP contribution in [0.25, 0.3) is 0 Å². The van der Waals surface area contributed by atoms with Crippen LogP contribution in [0, 0.1) is 11.8 Å². The molecule has 0 heterocycles. The van der Waals surface area contributed by atoms with Crippen molar-refractivity contribution < 1.29 is 13.5 Å². The van der Waals surface area contributed by atoms with Gasteiger partial charge < -0.3 is 4.74 Å². The first-order chi connectivity index (χ1) is 3.62. The number of halogens is 2. The third kappa shape index (κ3) is 2.54. The van der Waals surface area contributed by atoms with Crippen molar-refractivity contribution in [2.24, 2.45) is 0 Å². The molecule has 0 amide bonds.